The van der Waals surface area contributed by atoms with Crippen LogP contribution in [0.15, 0.2) is 12.3 Å². The van der Waals surface area contributed by atoms with Crippen molar-refractivity contribution in [3.05, 3.63) is 18.0 Å². The number of hydrogen-bond donors (Lipinski definition) is 1. The van der Waals surface area contributed by atoms with Gasteiger partial charge in [-0.15, -0.1) is 0 Å². The van der Waals surface area contributed by atoms with Crippen LogP contribution in [-0.2, 0) is 13.0 Å². The number of nitrogens with zero attached hydrogens (tertiary/aromatic N) is 2. The Morgan fingerprint density at radius 3 is 2.92 bits per heavy atom. The molecule has 0 spiro atoms. The molecule has 0 bridgehead atoms. The third-order valence-electron chi connectivity index (χ3n) is 2.95. The normalized spacial score (nSPS) is 18.9. The summed E-state index contributed by atoms with van der Waals surface area (Å²) in [5.41, 5.74) is 1.46. The SMILES string of the molecule is CCn1nccc1CC1(CO)CC1. The van der Waals surface area contributed by atoms with E-state index < -0.39 is 0 Å². The molecule has 1 aromatic rings. The molecule has 0 atom stereocenters. The number of aliphatic hydroxyl groups excluding tert-OH is 1. The molecule has 13 heavy (non-hydrogen) atoms. The molecule has 1 aliphatic carbocycles. The topological polar surface area (TPSA) is 38.0 Å². The van der Waals surface area contributed by atoms with E-state index in [4.69, 9.17) is 0 Å². The molecule has 1 heterocycles. The predicted molar refractivity (Wildman–Crippen MR) is 50.4 cm³/mol. The van der Waals surface area contributed by atoms with Crippen molar-refractivity contribution in [3.8, 4) is 0 Å². The fraction of sp³-hybridized carbons (Fsp3) is 0.700. The Morgan fingerprint density at radius 1 is 1.62 bits per heavy atom. The van der Waals surface area contributed by atoms with Gasteiger partial charge in [0.1, 0.15) is 0 Å². The summed E-state index contributed by atoms with van der Waals surface area (Å²) < 4.78 is 2.01. The maximum absolute atomic E-state index is 9.19. The fourth-order valence-electron chi connectivity index (χ4n) is 1.75. The van der Waals surface area contributed by atoms with Crippen molar-refractivity contribution in [2.75, 3.05) is 6.61 Å². The van der Waals surface area contributed by atoms with Crippen molar-refractivity contribution in [1.29, 1.82) is 0 Å². The van der Waals surface area contributed by atoms with Crippen LogP contribution in [0.3, 0.4) is 0 Å². The summed E-state index contributed by atoms with van der Waals surface area (Å²) in [4.78, 5) is 0. The predicted octanol–water partition coefficient (Wildman–Crippen LogP) is 1.22. The Morgan fingerprint density at radius 2 is 2.38 bits per heavy atom. The number of aryl methyl sites for hydroxylation is 1. The minimum atomic E-state index is 0.201. The van der Waals surface area contributed by atoms with Crippen LogP contribution in [0.1, 0.15) is 25.5 Å². The molecule has 1 saturated carbocycles. The molecule has 3 heteroatoms. The molecule has 0 aliphatic heterocycles. The summed E-state index contributed by atoms with van der Waals surface area (Å²) in [6.07, 6.45) is 5.15. The molecule has 72 valence electrons. The number of hydrogen-bond acceptors (Lipinski definition) is 2. The van der Waals surface area contributed by atoms with Gasteiger partial charge in [0.2, 0.25) is 0 Å². The zero-order valence-electron chi connectivity index (χ0n) is 8.03. The zero-order valence-corrected chi connectivity index (χ0v) is 8.03. The van der Waals surface area contributed by atoms with E-state index in [-0.39, 0.29) is 5.41 Å². The van der Waals surface area contributed by atoms with Crippen molar-refractivity contribution in [1.82, 2.24) is 9.78 Å². The molecule has 1 aromatic heterocycles. The van der Waals surface area contributed by atoms with Gasteiger partial charge >= 0.3 is 0 Å². The summed E-state index contributed by atoms with van der Waals surface area (Å²) in [6.45, 7) is 3.33. The van der Waals surface area contributed by atoms with Gasteiger partial charge in [-0.2, -0.15) is 5.10 Å². The van der Waals surface area contributed by atoms with Gasteiger partial charge in [-0.05, 0) is 37.7 Å². The average Bonchev–Trinajstić information content (AvgIpc) is 2.78. The van der Waals surface area contributed by atoms with Gasteiger partial charge in [-0.25, -0.2) is 0 Å². The number of rotatable bonds is 4. The highest BCUT2D eigenvalue weighted by molar-refractivity contribution is 5.09. The molecule has 0 saturated heterocycles. The molecule has 1 aliphatic rings. The van der Waals surface area contributed by atoms with Crippen LogP contribution in [0, 0.1) is 5.41 Å². The molecule has 2 rings (SSSR count). The van der Waals surface area contributed by atoms with E-state index in [1.807, 2.05) is 10.9 Å². The van der Waals surface area contributed by atoms with Gasteiger partial charge in [-0.1, -0.05) is 0 Å². The zero-order chi connectivity index (χ0) is 9.31. The summed E-state index contributed by atoms with van der Waals surface area (Å²) in [7, 11) is 0. The maximum Gasteiger partial charge on any atom is 0.0492 e. The summed E-state index contributed by atoms with van der Waals surface area (Å²) in [6, 6.07) is 2.05. The standard InChI is InChI=1S/C10H16N2O/c1-2-12-9(3-6-11-12)7-10(8-13)4-5-10/h3,6,13H,2,4-5,7-8H2,1H3. The first-order valence-electron chi connectivity index (χ1n) is 4.91. The van der Waals surface area contributed by atoms with Gasteiger partial charge in [0.15, 0.2) is 0 Å². The van der Waals surface area contributed by atoms with Gasteiger partial charge in [0, 0.05) is 25.0 Å². The Balaban J connectivity index is 2.09. The van der Waals surface area contributed by atoms with E-state index in [2.05, 4.69) is 18.1 Å². The Labute approximate surface area is 78.4 Å². The first kappa shape index (κ1) is 8.75. The van der Waals surface area contributed by atoms with Crippen LogP contribution in [0.25, 0.3) is 0 Å². The fourth-order valence-corrected chi connectivity index (χ4v) is 1.75. The van der Waals surface area contributed by atoms with E-state index in [1.165, 1.54) is 18.5 Å². The Bertz CT molecular complexity index is 289. The lowest BCUT2D eigenvalue weighted by Gasteiger charge is -2.11. The highest BCUT2D eigenvalue weighted by atomic mass is 16.3. The van der Waals surface area contributed by atoms with Crippen molar-refractivity contribution >= 4 is 0 Å². The van der Waals surface area contributed by atoms with Crippen LogP contribution >= 0.6 is 0 Å². The van der Waals surface area contributed by atoms with E-state index >= 15 is 0 Å². The lowest BCUT2D eigenvalue weighted by Crippen LogP contribution is -2.13. The summed E-state index contributed by atoms with van der Waals surface area (Å²) >= 11 is 0. The molecule has 0 amide bonds. The van der Waals surface area contributed by atoms with Crippen molar-refractivity contribution in [2.45, 2.75) is 32.7 Å². The first-order valence-corrected chi connectivity index (χ1v) is 4.91. The smallest absolute Gasteiger partial charge is 0.0492 e. The monoisotopic (exact) mass is 180 g/mol. The summed E-state index contributed by atoms with van der Waals surface area (Å²) in [5.74, 6) is 0. The Kier molecular flexibility index (Phi) is 2.12. The van der Waals surface area contributed by atoms with Crippen LogP contribution < -0.4 is 0 Å². The lowest BCUT2D eigenvalue weighted by atomic mass is 10.0. The number of aliphatic hydroxyl groups is 1. The Hall–Kier alpha value is -0.830. The second kappa shape index (κ2) is 3.14. The van der Waals surface area contributed by atoms with Gasteiger partial charge < -0.3 is 5.11 Å². The van der Waals surface area contributed by atoms with Crippen molar-refractivity contribution < 1.29 is 5.11 Å². The summed E-state index contributed by atoms with van der Waals surface area (Å²) in [5, 5.41) is 13.4. The lowest BCUT2D eigenvalue weighted by molar-refractivity contribution is 0.209. The minimum Gasteiger partial charge on any atom is -0.396 e. The van der Waals surface area contributed by atoms with Crippen LogP contribution in [0.2, 0.25) is 0 Å². The molecule has 1 fully saturated rings. The molecular formula is C10H16N2O. The third-order valence-corrected chi connectivity index (χ3v) is 2.95. The average molecular weight is 180 g/mol. The molecule has 0 unspecified atom stereocenters. The van der Waals surface area contributed by atoms with Crippen molar-refractivity contribution in [2.24, 2.45) is 5.41 Å². The minimum absolute atomic E-state index is 0.201. The van der Waals surface area contributed by atoms with Gasteiger partial charge in [0.25, 0.3) is 0 Å². The van der Waals surface area contributed by atoms with Crippen LogP contribution in [0.5, 0.6) is 0 Å². The highest BCUT2D eigenvalue weighted by Crippen LogP contribution is 2.47. The van der Waals surface area contributed by atoms with E-state index in [0.717, 1.165) is 13.0 Å². The van der Waals surface area contributed by atoms with Gasteiger partial charge in [-0.3, -0.25) is 4.68 Å². The molecule has 0 radical (unpaired) electrons. The van der Waals surface area contributed by atoms with E-state index in [9.17, 15) is 5.11 Å². The molecule has 0 aromatic carbocycles. The first-order chi connectivity index (χ1) is 6.29. The van der Waals surface area contributed by atoms with E-state index in [0.29, 0.717) is 6.61 Å². The van der Waals surface area contributed by atoms with E-state index in [1.54, 1.807) is 0 Å². The van der Waals surface area contributed by atoms with Crippen LogP contribution in [0.4, 0.5) is 0 Å². The largest absolute Gasteiger partial charge is 0.396 e. The number of aromatic nitrogens is 2. The molecule has 3 nitrogen and oxygen atoms in total. The molecular weight excluding hydrogens is 164 g/mol. The van der Waals surface area contributed by atoms with Crippen molar-refractivity contribution in [3.63, 3.8) is 0 Å². The maximum atomic E-state index is 9.19. The van der Waals surface area contributed by atoms with Crippen LogP contribution in [-0.4, -0.2) is 21.5 Å². The second-order valence-electron chi connectivity index (χ2n) is 3.97. The highest BCUT2D eigenvalue weighted by Gasteiger charge is 2.42. The molecule has 1 N–H and O–H groups in total. The second-order valence-corrected chi connectivity index (χ2v) is 3.97. The van der Waals surface area contributed by atoms with Gasteiger partial charge in [0.05, 0.1) is 0 Å². The quantitative estimate of drug-likeness (QED) is 0.756. The third kappa shape index (κ3) is 1.61.